The number of ether oxygens (including phenoxy) is 2. The number of guanidine groups is 1. The number of nitrogens with zero attached hydrogens (tertiary/aromatic N) is 5. The predicted molar refractivity (Wildman–Crippen MR) is 142 cm³/mol. The van der Waals surface area contributed by atoms with E-state index in [0.29, 0.717) is 6.04 Å². The van der Waals surface area contributed by atoms with Crippen LogP contribution in [-0.4, -0.2) is 119 Å². The van der Waals surface area contributed by atoms with Crippen molar-refractivity contribution in [1.29, 1.82) is 0 Å². The Morgan fingerprint density at radius 2 is 1.81 bits per heavy atom. The molecule has 1 atom stereocenters. The molecule has 2 fully saturated rings. The van der Waals surface area contributed by atoms with E-state index in [4.69, 9.17) is 14.5 Å². The SMILES string of the molecule is CCNC(=NCC1CN(C)CCN1C)N1CCN(Cc2cc(OC)ccc2OC)CC1.I. The second kappa shape index (κ2) is 13.4. The van der Waals surface area contributed by atoms with Gasteiger partial charge in [-0.1, -0.05) is 0 Å². The van der Waals surface area contributed by atoms with E-state index in [1.54, 1.807) is 14.2 Å². The van der Waals surface area contributed by atoms with Crippen LogP contribution >= 0.6 is 24.0 Å². The van der Waals surface area contributed by atoms with Gasteiger partial charge in [0.25, 0.3) is 0 Å². The highest BCUT2D eigenvalue weighted by Crippen LogP contribution is 2.25. The summed E-state index contributed by atoms with van der Waals surface area (Å²) in [5.41, 5.74) is 1.17. The third-order valence-corrected chi connectivity index (χ3v) is 6.32. The summed E-state index contributed by atoms with van der Waals surface area (Å²) < 4.78 is 11.0. The summed E-state index contributed by atoms with van der Waals surface area (Å²) in [6.07, 6.45) is 0. The molecular formula is C23H41IN6O2. The lowest BCUT2D eigenvalue weighted by Gasteiger charge is -2.38. The minimum absolute atomic E-state index is 0. The molecule has 2 saturated heterocycles. The highest BCUT2D eigenvalue weighted by Gasteiger charge is 2.24. The summed E-state index contributed by atoms with van der Waals surface area (Å²) in [5.74, 6) is 2.83. The molecule has 1 aromatic rings. The minimum atomic E-state index is 0. The Balaban J connectivity index is 0.00000363. The summed E-state index contributed by atoms with van der Waals surface area (Å²) >= 11 is 0. The fourth-order valence-electron chi connectivity index (χ4n) is 4.28. The van der Waals surface area contributed by atoms with E-state index in [9.17, 15) is 0 Å². The zero-order chi connectivity index (χ0) is 22.2. The molecule has 9 heteroatoms. The number of benzene rings is 1. The van der Waals surface area contributed by atoms with Gasteiger partial charge in [0.15, 0.2) is 5.96 Å². The normalized spacial score (nSPS) is 21.2. The van der Waals surface area contributed by atoms with Gasteiger partial charge in [-0.15, -0.1) is 24.0 Å². The standard InChI is InChI=1S/C23H40N6O2.HI/c1-6-24-23(25-16-20-18-26(2)9-10-27(20)3)29-13-11-28(12-14-29)17-19-15-21(30-4)7-8-22(19)31-5;/h7-8,15,20H,6,9-14,16-18H2,1-5H3,(H,24,25);1H. The summed E-state index contributed by atoms with van der Waals surface area (Å²) in [6.45, 7) is 12.0. The Bertz CT molecular complexity index is 726. The number of aliphatic imine (C=N–C) groups is 1. The monoisotopic (exact) mass is 560 g/mol. The Morgan fingerprint density at radius 1 is 1.06 bits per heavy atom. The van der Waals surface area contributed by atoms with E-state index in [1.165, 1.54) is 5.56 Å². The third kappa shape index (κ3) is 7.36. The first-order valence-corrected chi connectivity index (χ1v) is 11.4. The van der Waals surface area contributed by atoms with Gasteiger partial charge in [0.1, 0.15) is 11.5 Å². The molecule has 1 N–H and O–H groups in total. The van der Waals surface area contributed by atoms with Crippen molar-refractivity contribution in [3.63, 3.8) is 0 Å². The first-order chi connectivity index (χ1) is 15.0. The summed E-state index contributed by atoms with van der Waals surface area (Å²) in [7, 11) is 7.84. The highest BCUT2D eigenvalue weighted by molar-refractivity contribution is 14.0. The molecule has 0 spiro atoms. The zero-order valence-electron chi connectivity index (χ0n) is 20.3. The third-order valence-electron chi connectivity index (χ3n) is 6.32. The molecule has 0 amide bonds. The molecule has 0 aromatic heterocycles. The lowest BCUT2D eigenvalue weighted by atomic mass is 10.1. The molecule has 0 saturated carbocycles. The van der Waals surface area contributed by atoms with Crippen molar-refractivity contribution in [1.82, 2.24) is 24.9 Å². The number of hydrogen-bond donors (Lipinski definition) is 1. The fraction of sp³-hybridized carbons (Fsp3) is 0.696. The first kappa shape index (κ1) is 26.9. The van der Waals surface area contributed by atoms with Crippen LogP contribution < -0.4 is 14.8 Å². The summed E-state index contributed by atoms with van der Waals surface area (Å²) in [5, 5.41) is 3.50. The maximum Gasteiger partial charge on any atom is 0.194 e. The van der Waals surface area contributed by atoms with Gasteiger partial charge < -0.3 is 24.6 Å². The van der Waals surface area contributed by atoms with E-state index < -0.39 is 0 Å². The largest absolute Gasteiger partial charge is 0.497 e. The lowest BCUT2D eigenvalue weighted by Crippen LogP contribution is -2.54. The Morgan fingerprint density at radius 3 is 2.47 bits per heavy atom. The average Bonchev–Trinajstić information content (AvgIpc) is 2.79. The van der Waals surface area contributed by atoms with Gasteiger partial charge >= 0.3 is 0 Å². The number of methoxy groups -OCH3 is 2. The molecule has 3 rings (SSSR count). The van der Waals surface area contributed by atoms with Crippen LogP contribution in [-0.2, 0) is 6.54 Å². The van der Waals surface area contributed by atoms with Crippen LogP contribution in [0, 0.1) is 0 Å². The van der Waals surface area contributed by atoms with Gasteiger partial charge in [-0.05, 0) is 39.2 Å². The van der Waals surface area contributed by atoms with E-state index >= 15 is 0 Å². The predicted octanol–water partition coefficient (Wildman–Crippen LogP) is 1.65. The average molecular weight is 561 g/mol. The van der Waals surface area contributed by atoms with Crippen molar-refractivity contribution in [3.8, 4) is 11.5 Å². The quantitative estimate of drug-likeness (QED) is 0.309. The maximum absolute atomic E-state index is 5.55. The molecule has 0 bridgehead atoms. The second-order valence-corrected chi connectivity index (χ2v) is 8.53. The van der Waals surface area contributed by atoms with Crippen LogP contribution in [0.25, 0.3) is 0 Å². The van der Waals surface area contributed by atoms with Gasteiger partial charge in [0.2, 0.25) is 0 Å². The van der Waals surface area contributed by atoms with Gasteiger partial charge in [0.05, 0.1) is 20.8 Å². The number of likely N-dealkylation sites (N-methyl/N-ethyl adjacent to an activating group) is 2. The minimum Gasteiger partial charge on any atom is -0.497 e. The van der Waals surface area contributed by atoms with E-state index in [-0.39, 0.29) is 24.0 Å². The van der Waals surface area contributed by atoms with E-state index in [0.717, 1.165) is 82.9 Å². The molecule has 1 aromatic carbocycles. The number of piperazine rings is 2. The van der Waals surface area contributed by atoms with Crippen LogP contribution in [0.15, 0.2) is 23.2 Å². The van der Waals surface area contributed by atoms with Gasteiger partial charge in [0, 0.05) is 70.5 Å². The van der Waals surface area contributed by atoms with Crippen LogP contribution in [0.5, 0.6) is 11.5 Å². The Hall–Kier alpha value is -1.30. The van der Waals surface area contributed by atoms with E-state index in [1.807, 2.05) is 12.1 Å². The molecule has 182 valence electrons. The van der Waals surface area contributed by atoms with Crippen molar-refractivity contribution in [3.05, 3.63) is 23.8 Å². The molecule has 0 radical (unpaired) electrons. The van der Waals surface area contributed by atoms with Crippen LogP contribution in [0.3, 0.4) is 0 Å². The molecule has 2 aliphatic heterocycles. The van der Waals surface area contributed by atoms with Gasteiger partial charge in [-0.2, -0.15) is 0 Å². The molecule has 2 heterocycles. The van der Waals surface area contributed by atoms with Crippen molar-refractivity contribution < 1.29 is 9.47 Å². The van der Waals surface area contributed by atoms with E-state index in [2.05, 4.69) is 52.0 Å². The van der Waals surface area contributed by atoms with Crippen molar-refractivity contribution >= 4 is 29.9 Å². The van der Waals surface area contributed by atoms with Crippen molar-refractivity contribution in [2.75, 3.05) is 87.2 Å². The molecule has 8 nitrogen and oxygen atoms in total. The summed E-state index contributed by atoms with van der Waals surface area (Å²) in [4.78, 5) is 14.7. The van der Waals surface area contributed by atoms with Crippen molar-refractivity contribution in [2.24, 2.45) is 4.99 Å². The van der Waals surface area contributed by atoms with Crippen molar-refractivity contribution in [2.45, 2.75) is 19.5 Å². The zero-order valence-corrected chi connectivity index (χ0v) is 22.7. The summed E-state index contributed by atoms with van der Waals surface area (Å²) in [6, 6.07) is 6.49. The van der Waals surface area contributed by atoms with Crippen LogP contribution in [0.2, 0.25) is 0 Å². The first-order valence-electron chi connectivity index (χ1n) is 11.4. The maximum atomic E-state index is 5.55. The molecule has 1 unspecified atom stereocenters. The molecule has 0 aliphatic carbocycles. The number of hydrogen-bond acceptors (Lipinski definition) is 6. The number of nitrogens with one attached hydrogen (secondary N) is 1. The lowest BCUT2D eigenvalue weighted by molar-refractivity contribution is 0.119. The smallest absolute Gasteiger partial charge is 0.194 e. The van der Waals surface area contributed by atoms with Crippen LogP contribution in [0.4, 0.5) is 0 Å². The van der Waals surface area contributed by atoms with Gasteiger partial charge in [-0.3, -0.25) is 14.8 Å². The number of halogens is 1. The van der Waals surface area contributed by atoms with Gasteiger partial charge in [-0.25, -0.2) is 0 Å². The molecule has 2 aliphatic rings. The Labute approximate surface area is 210 Å². The molecular weight excluding hydrogens is 519 g/mol. The number of rotatable bonds is 7. The van der Waals surface area contributed by atoms with Crippen LogP contribution in [0.1, 0.15) is 12.5 Å². The Kier molecular flexibility index (Phi) is 11.3. The topological polar surface area (TPSA) is 55.8 Å². The highest BCUT2D eigenvalue weighted by atomic mass is 127. The molecule has 32 heavy (non-hydrogen) atoms. The second-order valence-electron chi connectivity index (χ2n) is 8.53. The fourth-order valence-corrected chi connectivity index (χ4v) is 4.28.